The van der Waals surface area contributed by atoms with Crippen LogP contribution < -0.4 is 9.64 Å². The summed E-state index contributed by atoms with van der Waals surface area (Å²) >= 11 is 0. The minimum atomic E-state index is -3.58. The Hall–Kier alpha value is -2.05. The average molecular weight is 474 g/mol. The van der Waals surface area contributed by atoms with Crippen molar-refractivity contribution in [2.45, 2.75) is 69.3 Å². The first kappa shape index (κ1) is 25.6. The van der Waals surface area contributed by atoms with Gasteiger partial charge in [-0.25, -0.2) is 8.42 Å². The number of nitrogens with zero attached hydrogens (tertiary/aromatic N) is 1. The highest BCUT2D eigenvalue weighted by Gasteiger charge is 2.49. The lowest BCUT2D eigenvalue weighted by molar-refractivity contribution is 0.0127. The molecule has 2 aromatic carbocycles. The zero-order chi connectivity index (χ0) is 24.2. The summed E-state index contributed by atoms with van der Waals surface area (Å²) in [6.45, 7) is 4.23. The molecule has 0 aromatic heterocycles. The minimum Gasteiger partial charge on any atom is -0.497 e. The van der Waals surface area contributed by atoms with E-state index in [2.05, 4.69) is 13.8 Å². The van der Waals surface area contributed by atoms with Crippen LogP contribution in [0.25, 0.3) is 0 Å². The zero-order valence-corrected chi connectivity index (χ0v) is 21.5. The number of ether oxygens (including phenoxy) is 1. The zero-order valence-electron chi connectivity index (χ0n) is 20.7. The first-order valence-electron chi connectivity index (χ1n) is 12.0. The molecular weight excluding hydrogens is 434 g/mol. The van der Waals surface area contributed by atoms with E-state index in [1.807, 2.05) is 55.4 Å². The van der Waals surface area contributed by atoms with E-state index in [9.17, 15) is 13.5 Å². The van der Waals surface area contributed by atoms with Gasteiger partial charge in [0, 0.05) is 31.1 Å². The smallest absolute Gasteiger partial charge is 0.179 e. The molecule has 0 saturated carbocycles. The number of methoxy groups -OCH3 is 1. The maximum absolute atomic E-state index is 13.8. The van der Waals surface area contributed by atoms with Crippen LogP contribution in [0.3, 0.4) is 0 Å². The van der Waals surface area contributed by atoms with E-state index in [1.165, 1.54) is 0 Å². The third-order valence-electron chi connectivity index (χ3n) is 7.13. The molecule has 182 valence electrons. The minimum absolute atomic E-state index is 0.0118. The van der Waals surface area contributed by atoms with Crippen LogP contribution in [0.4, 0.5) is 5.69 Å². The normalized spacial score (nSPS) is 21.2. The van der Waals surface area contributed by atoms with Gasteiger partial charge in [-0.3, -0.25) is 0 Å². The molecule has 0 spiro atoms. The number of aliphatic hydroxyl groups is 1. The molecule has 1 N–H and O–H groups in total. The molecule has 2 atom stereocenters. The number of hydrogen-bond donors (Lipinski definition) is 1. The van der Waals surface area contributed by atoms with Crippen LogP contribution in [0, 0.1) is 5.41 Å². The van der Waals surface area contributed by atoms with Crippen molar-refractivity contribution in [2.75, 3.05) is 31.9 Å². The van der Waals surface area contributed by atoms with E-state index in [1.54, 1.807) is 13.2 Å². The summed E-state index contributed by atoms with van der Waals surface area (Å²) in [5, 5.41) is 12.1. The molecule has 33 heavy (non-hydrogen) atoms. The number of hydrogen-bond acceptors (Lipinski definition) is 5. The molecule has 0 unspecified atom stereocenters. The molecule has 6 heteroatoms. The molecular formula is C27H39NO4S. The highest BCUT2D eigenvalue weighted by Crippen LogP contribution is 2.50. The van der Waals surface area contributed by atoms with E-state index in [-0.39, 0.29) is 5.75 Å². The topological polar surface area (TPSA) is 66.8 Å². The summed E-state index contributed by atoms with van der Waals surface area (Å²) < 4.78 is 32.9. The third kappa shape index (κ3) is 5.22. The molecule has 0 amide bonds. The summed E-state index contributed by atoms with van der Waals surface area (Å²) in [6.07, 6.45) is 4.31. The van der Waals surface area contributed by atoms with Gasteiger partial charge in [0.1, 0.15) is 5.75 Å². The lowest BCUT2D eigenvalue weighted by Crippen LogP contribution is -2.43. The number of aliphatic hydroxyl groups excluding tert-OH is 1. The Bertz CT molecular complexity index is 1020. The molecule has 2 aromatic rings. The van der Waals surface area contributed by atoms with Gasteiger partial charge in [-0.1, -0.05) is 51.7 Å². The fourth-order valence-electron chi connectivity index (χ4n) is 5.20. The fourth-order valence-corrected chi connectivity index (χ4v) is 7.39. The van der Waals surface area contributed by atoms with Crippen LogP contribution in [0.15, 0.2) is 47.4 Å². The van der Waals surface area contributed by atoms with Gasteiger partial charge in [0.15, 0.2) is 9.84 Å². The SMILES string of the molecule is CCCCC1(CCCC)CS(=O)(=O)c2ccc(N(C)C)cc2[C@H](c2ccc(OC)cc2)[C@@H]1O. The van der Waals surface area contributed by atoms with Gasteiger partial charge in [-0.05, 0) is 54.3 Å². The second-order valence-corrected chi connectivity index (χ2v) is 11.6. The molecule has 1 aliphatic rings. The maximum atomic E-state index is 13.8. The Morgan fingerprint density at radius 2 is 1.64 bits per heavy atom. The van der Waals surface area contributed by atoms with E-state index in [0.29, 0.717) is 23.3 Å². The molecule has 0 bridgehead atoms. The fraction of sp³-hybridized carbons (Fsp3) is 0.556. The first-order valence-corrected chi connectivity index (χ1v) is 13.7. The summed E-state index contributed by atoms with van der Waals surface area (Å²) in [6, 6.07) is 13.2. The monoisotopic (exact) mass is 473 g/mol. The Morgan fingerprint density at radius 3 is 2.15 bits per heavy atom. The Kier molecular flexibility index (Phi) is 8.12. The standard InChI is InChI=1S/C27H39NO4S/c1-6-8-16-27(17-9-7-2)19-33(30,31)24-15-12-21(28(3)4)18-23(24)25(26(27)29)20-10-13-22(32-5)14-11-20/h10-15,18,25-26,29H,6-9,16-17,19H2,1-5H3/t25-,26-/m0/s1. The van der Waals surface area contributed by atoms with Crippen LogP contribution in [0.2, 0.25) is 0 Å². The van der Waals surface area contributed by atoms with E-state index in [0.717, 1.165) is 42.7 Å². The van der Waals surface area contributed by atoms with Crippen LogP contribution in [-0.4, -0.2) is 46.6 Å². The highest BCUT2D eigenvalue weighted by atomic mass is 32.2. The van der Waals surface area contributed by atoms with Crippen molar-refractivity contribution in [3.05, 3.63) is 53.6 Å². The maximum Gasteiger partial charge on any atom is 0.179 e. The van der Waals surface area contributed by atoms with Crippen molar-refractivity contribution in [1.29, 1.82) is 0 Å². The molecule has 0 radical (unpaired) electrons. The van der Waals surface area contributed by atoms with Crippen molar-refractivity contribution in [3.8, 4) is 5.75 Å². The number of fused-ring (bicyclic) bond motifs is 1. The van der Waals surface area contributed by atoms with Crippen molar-refractivity contribution in [1.82, 2.24) is 0 Å². The Labute approximate surface area is 199 Å². The molecule has 5 nitrogen and oxygen atoms in total. The van der Waals surface area contributed by atoms with Crippen LogP contribution in [0.5, 0.6) is 5.75 Å². The van der Waals surface area contributed by atoms with Crippen molar-refractivity contribution >= 4 is 15.5 Å². The van der Waals surface area contributed by atoms with Gasteiger partial charge >= 0.3 is 0 Å². The second-order valence-electron chi connectivity index (χ2n) is 9.64. The molecule has 1 aliphatic heterocycles. The van der Waals surface area contributed by atoms with Gasteiger partial charge in [0.2, 0.25) is 0 Å². The van der Waals surface area contributed by atoms with Crippen LogP contribution >= 0.6 is 0 Å². The predicted molar refractivity (Wildman–Crippen MR) is 135 cm³/mol. The summed E-state index contributed by atoms with van der Waals surface area (Å²) in [5.74, 6) is 0.291. The molecule has 1 heterocycles. The number of benzene rings is 2. The summed E-state index contributed by atoms with van der Waals surface area (Å²) in [7, 11) is 1.93. The second kappa shape index (κ2) is 10.5. The highest BCUT2D eigenvalue weighted by molar-refractivity contribution is 7.91. The lowest BCUT2D eigenvalue weighted by atomic mass is 9.68. The summed E-state index contributed by atoms with van der Waals surface area (Å²) in [5.41, 5.74) is 1.83. The van der Waals surface area contributed by atoms with Gasteiger partial charge in [-0.15, -0.1) is 0 Å². The number of unbranched alkanes of at least 4 members (excludes halogenated alkanes) is 2. The molecule has 0 saturated heterocycles. The number of anilines is 1. The summed E-state index contributed by atoms with van der Waals surface area (Å²) in [4.78, 5) is 2.32. The number of rotatable bonds is 9. The number of sulfone groups is 1. The van der Waals surface area contributed by atoms with Gasteiger partial charge in [0.25, 0.3) is 0 Å². The van der Waals surface area contributed by atoms with Crippen LogP contribution in [-0.2, 0) is 9.84 Å². The van der Waals surface area contributed by atoms with Crippen LogP contribution in [0.1, 0.15) is 69.4 Å². The van der Waals surface area contributed by atoms with E-state index < -0.39 is 27.3 Å². The van der Waals surface area contributed by atoms with Gasteiger partial charge < -0.3 is 14.7 Å². The van der Waals surface area contributed by atoms with E-state index >= 15 is 0 Å². The van der Waals surface area contributed by atoms with Crippen molar-refractivity contribution in [2.24, 2.45) is 5.41 Å². The third-order valence-corrected chi connectivity index (χ3v) is 9.13. The lowest BCUT2D eigenvalue weighted by Gasteiger charge is -2.40. The Morgan fingerprint density at radius 1 is 1.03 bits per heavy atom. The molecule has 3 rings (SSSR count). The van der Waals surface area contributed by atoms with E-state index in [4.69, 9.17) is 4.74 Å². The average Bonchev–Trinajstić information content (AvgIpc) is 2.87. The van der Waals surface area contributed by atoms with Gasteiger partial charge in [-0.2, -0.15) is 0 Å². The van der Waals surface area contributed by atoms with Gasteiger partial charge in [0.05, 0.1) is 23.9 Å². The van der Waals surface area contributed by atoms with Crippen molar-refractivity contribution < 1.29 is 18.3 Å². The quantitative estimate of drug-likeness (QED) is 0.528. The predicted octanol–water partition coefficient (Wildman–Crippen LogP) is 5.41. The Balaban J connectivity index is 2.29. The molecule has 0 aliphatic carbocycles. The molecule has 0 fully saturated rings. The van der Waals surface area contributed by atoms with Crippen molar-refractivity contribution in [3.63, 3.8) is 0 Å². The first-order chi connectivity index (χ1) is 15.7. The largest absolute Gasteiger partial charge is 0.497 e.